The van der Waals surface area contributed by atoms with Gasteiger partial charge in [0.2, 0.25) is 21.9 Å². The first kappa shape index (κ1) is 27.3. The van der Waals surface area contributed by atoms with Crippen LogP contribution in [0.25, 0.3) is 0 Å². The number of hydrogen-bond donors (Lipinski definition) is 4. The highest BCUT2D eigenvalue weighted by Crippen LogP contribution is 2.27. The summed E-state index contributed by atoms with van der Waals surface area (Å²) in [5.74, 6) is 1.25. The van der Waals surface area contributed by atoms with Crippen LogP contribution in [0.2, 0.25) is 5.02 Å². The molecule has 0 bridgehead atoms. The van der Waals surface area contributed by atoms with E-state index in [0.717, 1.165) is 17.0 Å². The zero-order chi connectivity index (χ0) is 26.3. The number of halogens is 1. The van der Waals surface area contributed by atoms with Crippen molar-refractivity contribution in [2.75, 3.05) is 24.3 Å². The monoisotopic (exact) mass is 547 g/mol. The smallest absolute Gasteiger partial charge is 0.238 e. The first-order valence-corrected chi connectivity index (χ1v) is 13.0. The van der Waals surface area contributed by atoms with E-state index in [4.69, 9.17) is 33.7 Å². The number of anilines is 2. The Labute approximate surface area is 220 Å². The van der Waals surface area contributed by atoms with Crippen molar-refractivity contribution in [1.29, 1.82) is 0 Å². The molecule has 0 spiro atoms. The van der Waals surface area contributed by atoms with Crippen LogP contribution in [0, 0.1) is 13.8 Å². The van der Waals surface area contributed by atoms with E-state index < -0.39 is 10.0 Å². The number of ether oxygens (including phenoxy) is 1. The molecular weight excluding hydrogens is 522 g/mol. The van der Waals surface area contributed by atoms with Gasteiger partial charge in [-0.1, -0.05) is 23.7 Å². The van der Waals surface area contributed by atoms with Gasteiger partial charge in [0, 0.05) is 23.0 Å². The van der Waals surface area contributed by atoms with Crippen LogP contribution in [-0.2, 0) is 16.4 Å². The molecule has 0 saturated heterocycles. The zero-order valence-corrected chi connectivity index (χ0v) is 22.3. The first-order chi connectivity index (χ1) is 17.0. The molecule has 0 atom stereocenters. The molecular formula is C23H26ClN7O3S2. The van der Waals surface area contributed by atoms with E-state index in [1.807, 2.05) is 19.9 Å². The molecule has 3 aromatic rings. The fourth-order valence-electron chi connectivity index (χ4n) is 3.18. The average molecular weight is 548 g/mol. The van der Waals surface area contributed by atoms with Crippen LogP contribution in [0.15, 0.2) is 58.4 Å². The summed E-state index contributed by atoms with van der Waals surface area (Å²) in [4.78, 5) is 13.4. The number of nitrogens with two attached hydrogens (primary N) is 1. The number of hydrogen-bond acceptors (Lipinski definition) is 7. The van der Waals surface area contributed by atoms with Gasteiger partial charge in [-0.3, -0.25) is 10.3 Å². The summed E-state index contributed by atoms with van der Waals surface area (Å²) in [5, 5.41) is 15.1. The summed E-state index contributed by atoms with van der Waals surface area (Å²) >= 11 is 11.6. The lowest BCUT2D eigenvalue weighted by molar-refractivity contribution is 0.417. The molecule has 1 aromatic heterocycles. The van der Waals surface area contributed by atoms with Crippen LogP contribution < -0.4 is 25.8 Å². The topological polar surface area (TPSA) is 144 Å². The maximum Gasteiger partial charge on any atom is 0.238 e. The number of methoxy groups -OCH3 is 1. The van der Waals surface area contributed by atoms with Crippen LogP contribution >= 0.6 is 23.8 Å². The standard InChI is InChI=1S/C23H26ClN7O3S2/c1-14-12-15(2)28-22(27-14)30-21(26-11-10-16-4-7-18(8-5-16)36(25,32)33)31-23(35)29-19-13-17(24)6-9-20(19)34-3/h4-9,12-13H,10-11H2,1-3H3,(H2,25,32,33)(H3,26,27,28,29,30,31,35). The van der Waals surface area contributed by atoms with Crippen molar-refractivity contribution in [3.63, 3.8) is 0 Å². The number of thiocarbonyl (C=S) groups is 1. The summed E-state index contributed by atoms with van der Waals surface area (Å²) in [7, 11) is -2.19. The molecule has 2 aromatic carbocycles. The van der Waals surface area contributed by atoms with Gasteiger partial charge >= 0.3 is 0 Å². The van der Waals surface area contributed by atoms with Gasteiger partial charge in [-0.25, -0.2) is 23.5 Å². The Bertz CT molecular complexity index is 1360. The first-order valence-electron chi connectivity index (χ1n) is 10.7. The maximum atomic E-state index is 11.5. The van der Waals surface area contributed by atoms with Crippen LogP contribution in [0.4, 0.5) is 11.6 Å². The summed E-state index contributed by atoms with van der Waals surface area (Å²) in [5.41, 5.74) is 3.06. The van der Waals surface area contributed by atoms with E-state index >= 15 is 0 Å². The summed E-state index contributed by atoms with van der Waals surface area (Å²) in [6.45, 7) is 4.10. The molecule has 0 saturated carbocycles. The molecule has 190 valence electrons. The predicted molar refractivity (Wildman–Crippen MR) is 146 cm³/mol. The Morgan fingerprint density at radius 1 is 1.08 bits per heavy atom. The highest BCUT2D eigenvalue weighted by molar-refractivity contribution is 7.89. The molecule has 1 heterocycles. The molecule has 5 N–H and O–H groups in total. The van der Waals surface area contributed by atoms with E-state index in [1.54, 1.807) is 37.4 Å². The van der Waals surface area contributed by atoms with E-state index in [9.17, 15) is 8.42 Å². The minimum Gasteiger partial charge on any atom is -0.495 e. The minimum absolute atomic E-state index is 0.0543. The highest BCUT2D eigenvalue weighted by atomic mass is 35.5. The van der Waals surface area contributed by atoms with Crippen LogP contribution in [0.1, 0.15) is 17.0 Å². The fourth-order valence-corrected chi connectivity index (χ4v) is 4.07. The third-order valence-electron chi connectivity index (χ3n) is 4.78. The normalized spacial score (nSPS) is 11.6. The molecule has 13 heteroatoms. The van der Waals surface area contributed by atoms with Crippen LogP contribution in [0.5, 0.6) is 5.75 Å². The van der Waals surface area contributed by atoms with Gasteiger partial charge in [0.15, 0.2) is 5.11 Å². The Morgan fingerprint density at radius 3 is 2.36 bits per heavy atom. The number of rotatable bonds is 7. The van der Waals surface area contributed by atoms with Gasteiger partial charge in [0.05, 0.1) is 17.7 Å². The summed E-state index contributed by atoms with van der Waals surface area (Å²) < 4.78 is 28.3. The predicted octanol–water partition coefficient (Wildman–Crippen LogP) is 3.40. The Morgan fingerprint density at radius 2 is 1.75 bits per heavy atom. The third-order valence-corrected chi connectivity index (χ3v) is 6.14. The van der Waals surface area contributed by atoms with Gasteiger partial charge in [0.25, 0.3) is 0 Å². The Balaban J connectivity index is 1.76. The summed E-state index contributed by atoms with van der Waals surface area (Å²) in [6.07, 6.45) is 0.535. The maximum absolute atomic E-state index is 11.5. The van der Waals surface area contributed by atoms with Crippen molar-refractivity contribution in [2.24, 2.45) is 10.1 Å². The van der Waals surface area contributed by atoms with Crippen molar-refractivity contribution in [1.82, 2.24) is 15.3 Å². The molecule has 0 aliphatic carbocycles. The molecule has 0 amide bonds. The number of aryl methyl sites for hydroxylation is 2. The number of guanidine groups is 1. The number of primary sulfonamides is 1. The lowest BCUT2D eigenvalue weighted by Crippen LogP contribution is -2.39. The third kappa shape index (κ3) is 8.12. The van der Waals surface area contributed by atoms with Crippen LogP contribution in [-0.4, -0.2) is 43.1 Å². The molecule has 36 heavy (non-hydrogen) atoms. The number of nitrogens with one attached hydrogen (secondary N) is 3. The average Bonchev–Trinajstić information content (AvgIpc) is 2.78. The summed E-state index contributed by atoms with van der Waals surface area (Å²) in [6, 6.07) is 13.3. The number of sulfonamides is 1. The van der Waals surface area contributed by atoms with Gasteiger partial charge in [-0.05, 0) is 74.4 Å². The van der Waals surface area contributed by atoms with Crippen molar-refractivity contribution >= 4 is 56.5 Å². The van der Waals surface area contributed by atoms with E-state index in [-0.39, 0.29) is 10.0 Å². The quantitative estimate of drug-likeness (QED) is 0.199. The molecule has 3 rings (SSSR count). The van der Waals surface area contributed by atoms with Crippen molar-refractivity contribution in [3.8, 4) is 5.75 Å². The number of aliphatic imine (C=N–C) groups is 1. The van der Waals surface area contributed by atoms with Crippen molar-refractivity contribution in [2.45, 2.75) is 25.2 Å². The SMILES string of the molecule is COc1ccc(Cl)cc1NC(=S)NC(=NCCc1ccc(S(N)(=O)=O)cc1)Nc1nc(C)cc(C)n1. The molecule has 0 aliphatic rings. The Hall–Kier alpha value is -3.32. The van der Waals surface area contributed by atoms with Gasteiger partial charge in [-0.15, -0.1) is 0 Å². The molecule has 0 aliphatic heterocycles. The van der Waals surface area contributed by atoms with Crippen molar-refractivity contribution in [3.05, 3.63) is 70.5 Å². The van der Waals surface area contributed by atoms with Gasteiger partial charge in [-0.2, -0.15) is 0 Å². The molecule has 0 fully saturated rings. The van der Waals surface area contributed by atoms with E-state index in [2.05, 4.69) is 30.9 Å². The minimum atomic E-state index is -3.74. The highest BCUT2D eigenvalue weighted by Gasteiger charge is 2.11. The number of benzene rings is 2. The number of nitrogens with zero attached hydrogens (tertiary/aromatic N) is 3. The second kappa shape index (κ2) is 12.1. The second-order valence-electron chi connectivity index (χ2n) is 7.69. The van der Waals surface area contributed by atoms with Gasteiger partial charge < -0.3 is 15.4 Å². The molecule has 0 radical (unpaired) electrons. The van der Waals surface area contributed by atoms with Gasteiger partial charge in [0.1, 0.15) is 5.75 Å². The fraction of sp³-hybridized carbons (Fsp3) is 0.217. The number of aromatic nitrogens is 2. The molecule has 10 nitrogen and oxygen atoms in total. The van der Waals surface area contributed by atoms with E-state index in [0.29, 0.717) is 41.3 Å². The lowest BCUT2D eigenvalue weighted by Gasteiger charge is -2.16. The second-order valence-corrected chi connectivity index (χ2v) is 10.1. The largest absolute Gasteiger partial charge is 0.495 e. The molecule has 0 unspecified atom stereocenters. The zero-order valence-electron chi connectivity index (χ0n) is 19.9. The van der Waals surface area contributed by atoms with Crippen LogP contribution in [0.3, 0.4) is 0 Å². The van der Waals surface area contributed by atoms with E-state index in [1.165, 1.54) is 12.1 Å². The van der Waals surface area contributed by atoms with Crippen molar-refractivity contribution < 1.29 is 13.2 Å². The Kier molecular flexibility index (Phi) is 9.15. The lowest BCUT2D eigenvalue weighted by atomic mass is 10.1.